The Morgan fingerprint density at radius 2 is 2.33 bits per heavy atom. The van der Waals surface area contributed by atoms with Crippen LogP contribution < -0.4 is 0 Å². The molecule has 1 aromatic heterocycles. The predicted octanol–water partition coefficient (Wildman–Crippen LogP) is 2.30. The fourth-order valence-electron chi connectivity index (χ4n) is 1.34. The van der Waals surface area contributed by atoms with Crippen molar-refractivity contribution < 1.29 is 13.9 Å². The highest BCUT2D eigenvalue weighted by Crippen LogP contribution is 2.15. The van der Waals surface area contributed by atoms with Crippen molar-refractivity contribution in [1.29, 1.82) is 5.26 Å². The van der Waals surface area contributed by atoms with Crippen LogP contribution in [0.5, 0.6) is 0 Å². The van der Waals surface area contributed by atoms with E-state index < -0.39 is 12.1 Å². The Kier molecular flexibility index (Phi) is 3.39. The molecule has 90 valence electrons. The van der Waals surface area contributed by atoms with Gasteiger partial charge in [-0.3, -0.25) is 0 Å². The third kappa shape index (κ3) is 2.74. The molecule has 1 heterocycles. The van der Waals surface area contributed by atoms with Gasteiger partial charge in [0.1, 0.15) is 11.6 Å². The number of nitriles is 1. The van der Waals surface area contributed by atoms with Gasteiger partial charge in [0.2, 0.25) is 5.89 Å². The van der Waals surface area contributed by atoms with E-state index >= 15 is 0 Å². The van der Waals surface area contributed by atoms with Gasteiger partial charge < -0.3 is 9.15 Å². The lowest BCUT2D eigenvalue weighted by molar-refractivity contribution is -0.139. The fraction of sp³-hybridized carbons (Fsp3) is 0.154. The predicted molar refractivity (Wildman–Crippen MR) is 64.2 cm³/mol. The number of para-hydroxylation sites is 2. The summed E-state index contributed by atoms with van der Waals surface area (Å²) in [7, 11) is 0. The third-order valence-corrected chi connectivity index (χ3v) is 2.15. The second-order valence-electron chi connectivity index (χ2n) is 3.56. The van der Waals surface area contributed by atoms with Crippen molar-refractivity contribution in [1.82, 2.24) is 4.98 Å². The normalized spacial score (nSPS) is 12.4. The SMILES string of the molecule is C[C@H](C#N)OC(=O)/C=C/c1nc2ccccc2o1. The number of benzene rings is 1. The smallest absolute Gasteiger partial charge is 0.332 e. The summed E-state index contributed by atoms with van der Waals surface area (Å²) in [6.45, 7) is 1.49. The van der Waals surface area contributed by atoms with Crippen LogP contribution in [0.3, 0.4) is 0 Å². The summed E-state index contributed by atoms with van der Waals surface area (Å²) in [5.41, 5.74) is 1.37. The number of nitrogens with zero attached hydrogens (tertiary/aromatic N) is 2. The summed E-state index contributed by atoms with van der Waals surface area (Å²) in [4.78, 5) is 15.4. The molecule has 5 heteroatoms. The highest BCUT2D eigenvalue weighted by atomic mass is 16.5. The van der Waals surface area contributed by atoms with Crippen molar-refractivity contribution in [3.05, 3.63) is 36.2 Å². The second-order valence-corrected chi connectivity index (χ2v) is 3.56. The maximum atomic E-state index is 11.3. The lowest BCUT2D eigenvalue weighted by Crippen LogP contribution is -2.10. The Morgan fingerprint density at radius 3 is 3.06 bits per heavy atom. The van der Waals surface area contributed by atoms with Gasteiger partial charge in [-0.15, -0.1) is 0 Å². The first-order chi connectivity index (χ1) is 8.69. The first-order valence-electron chi connectivity index (χ1n) is 5.33. The van der Waals surface area contributed by atoms with Crippen molar-refractivity contribution >= 4 is 23.1 Å². The van der Waals surface area contributed by atoms with E-state index in [4.69, 9.17) is 14.4 Å². The van der Waals surface area contributed by atoms with E-state index in [1.165, 1.54) is 19.1 Å². The van der Waals surface area contributed by atoms with Gasteiger partial charge >= 0.3 is 5.97 Å². The lowest BCUT2D eigenvalue weighted by atomic mass is 10.3. The second kappa shape index (κ2) is 5.15. The van der Waals surface area contributed by atoms with Crippen LogP contribution in [-0.4, -0.2) is 17.1 Å². The molecule has 18 heavy (non-hydrogen) atoms. The number of esters is 1. The Hall–Kier alpha value is -2.61. The van der Waals surface area contributed by atoms with E-state index in [2.05, 4.69) is 4.98 Å². The molecule has 0 radical (unpaired) electrons. The number of ether oxygens (including phenoxy) is 1. The van der Waals surface area contributed by atoms with E-state index in [1.807, 2.05) is 18.2 Å². The molecule has 2 aromatic rings. The zero-order valence-electron chi connectivity index (χ0n) is 9.66. The van der Waals surface area contributed by atoms with E-state index in [1.54, 1.807) is 12.1 Å². The molecule has 1 atom stereocenters. The standard InChI is InChI=1S/C13H10N2O3/c1-9(8-14)17-13(16)7-6-12-15-10-4-2-3-5-11(10)18-12/h2-7,9H,1H3/b7-6+/t9-/m1/s1. The summed E-state index contributed by atoms with van der Waals surface area (Å²) in [5, 5.41) is 8.48. The largest absolute Gasteiger partial charge is 0.444 e. The molecule has 1 aromatic carbocycles. The number of hydrogen-bond donors (Lipinski definition) is 0. The molecule has 0 unspecified atom stereocenters. The van der Waals surface area contributed by atoms with Gasteiger partial charge in [0.15, 0.2) is 11.7 Å². The van der Waals surface area contributed by atoms with Crippen LogP contribution >= 0.6 is 0 Å². The number of hydrogen-bond acceptors (Lipinski definition) is 5. The summed E-state index contributed by atoms with van der Waals surface area (Å²) in [5.74, 6) is -0.288. The molecule has 0 saturated heterocycles. The minimum absolute atomic E-state index is 0.317. The number of fused-ring (bicyclic) bond motifs is 1. The van der Waals surface area contributed by atoms with Gasteiger partial charge in [0.25, 0.3) is 0 Å². The Bertz CT molecular complexity index is 604. The van der Waals surface area contributed by atoms with Gasteiger partial charge in [0.05, 0.1) is 0 Å². The number of carbonyl (C=O) groups excluding carboxylic acids is 1. The summed E-state index contributed by atoms with van der Waals surface area (Å²) >= 11 is 0. The molecule has 0 N–H and O–H groups in total. The van der Waals surface area contributed by atoms with Gasteiger partial charge in [-0.05, 0) is 19.1 Å². The van der Waals surface area contributed by atoms with Crippen LogP contribution in [0.25, 0.3) is 17.2 Å². The van der Waals surface area contributed by atoms with Crippen LogP contribution in [0, 0.1) is 11.3 Å². The highest BCUT2D eigenvalue weighted by Gasteiger charge is 2.06. The summed E-state index contributed by atoms with van der Waals surface area (Å²) in [6.07, 6.45) is 1.82. The number of aromatic nitrogens is 1. The van der Waals surface area contributed by atoms with Gasteiger partial charge in [0, 0.05) is 12.2 Å². The van der Waals surface area contributed by atoms with E-state index in [0.29, 0.717) is 11.5 Å². The highest BCUT2D eigenvalue weighted by molar-refractivity contribution is 5.87. The minimum Gasteiger partial charge on any atom is -0.444 e. The number of oxazole rings is 1. The van der Waals surface area contributed by atoms with Crippen molar-refractivity contribution in [2.75, 3.05) is 0 Å². The Balaban J connectivity index is 2.09. The first kappa shape index (κ1) is 11.9. The summed E-state index contributed by atoms with van der Waals surface area (Å²) in [6, 6.07) is 9.08. The number of carbonyl (C=O) groups is 1. The quantitative estimate of drug-likeness (QED) is 0.609. The average Bonchev–Trinajstić information content (AvgIpc) is 2.79. The lowest BCUT2D eigenvalue weighted by Gasteiger charge is -2.00. The van der Waals surface area contributed by atoms with Crippen LogP contribution in [0.4, 0.5) is 0 Å². The number of rotatable bonds is 3. The van der Waals surface area contributed by atoms with Crippen LogP contribution in [0.15, 0.2) is 34.8 Å². The van der Waals surface area contributed by atoms with Crippen molar-refractivity contribution in [3.8, 4) is 6.07 Å². The Labute approximate surface area is 103 Å². The molecule has 0 aliphatic heterocycles. The van der Waals surface area contributed by atoms with Gasteiger partial charge in [-0.1, -0.05) is 12.1 Å². The Morgan fingerprint density at radius 1 is 1.56 bits per heavy atom. The third-order valence-electron chi connectivity index (χ3n) is 2.15. The molecular formula is C13H10N2O3. The molecule has 2 rings (SSSR count). The monoisotopic (exact) mass is 242 g/mol. The van der Waals surface area contributed by atoms with E-state index in [-0.39, 0.29) is 0 Å². The van der Waals surface area contributed by atoms with Crippen molar-refractivity contribution in [2.45, 2.75) is 13.0 Å². The molecule has 0 fully saturated rings. The van der Waals surface area contributed by atoms with E-state index in [0.717, 1.165) is 5.52 Å². The zero-order chi connectivity index (χ0) is 13.0. The molecule has 0 spiro atoms. The maximum absolute atomic E-state index is 11.3. The van der Waals surface area contributed by atoms with Crippen LogP contribution in [0.1, 0.15) is 12.8 Å². The minimum atomic E-state index is -0.772. The van der Waals surface area contributed by atoms with Crippen LogP contribution in [0.2, 0.25) is 0 Å². The van der Waals surface area contributed by atoms with Gasteiger partial charge in [-0.2, -0.15) is 5.26 Å². The fourth-order valence-corrected chi connectivity index (χ4v) is 1.34. The molecule has 0 aliphatic rings. The van der Waals surface area contributed by atoms with E-state index in [9.17, 15) is 4.79 Å². The molecule has 0 aliphatic carbocycles. The first-order valence-corrected chi connectivity index (χ1v) is 5.33. The molecular weight excluding hydrogens is 232 g/mol. The van der Waals surface area contributed by atoms with Crippen molar-refractivity contribution in [2.24, 2.45) is 0 Å². The maximum Gasteiger partial charge on any atom is 0.332 e. The molecule has 0 amide bonds. The molecule has 0 bridgehead atoms. The topological polar surface area (TPSA) is 76.1 Å². The summed E-state index contributed by atoms with van der Waals surface area (Å²) < 4.78 is 10.1. The van der Waals surface area contributed by atoms with Gasteiger partial charge in [-0.25, -0.2) is 9.78 Å². The van der Waals surface area contributed by atoms with Crippen LogP contribution in [-0.2, 0) is 9.53 Å². The molecule has 0 saturated carbocycles. The average molecular weight is 242 g/mol. The zero-order valence-corrected chi connectivity index (χ0v) is 9.66. The molecule has 5 nitrogen and oxygen atoms in total. The van der Waals surface area contributed by atoms with Crippen molar-refractivity contribution in [3.63, 3.8) is 0 Å².